The van der Waals surface area contributed by atoms with Crippen molar-refractivity contribution in [1.82, 2.24) is 0 Å². The summed E-state index contributed by atoms with van der Waals surface area (Å²) in [6, 6.07) is 6.32. The van der Waals surface area contributed by atoms with Gasteiger partial charge in [-0.3, -0.25) is 4.79 Å². The summed E-state index contributed by atoms with van der Waals surface area (Å²) in [6.45, 7) is 6.08. The van der Waals surface area contributed by atoms with Gasteiger partial charge in [-0.1, -0.05) is 0 Å². The molecule has 2 aliphatic rings. The molecule has 114 valence electrons. The summed E-state index contributed by atoms with van der Waals surface area (Å²) in [5.41, 5.74) is 2.31. The van der Waals surface area contributed by atoms with Gasteiger partial charge >= 0.3 is 5.97 Å². The van der Waals surface area contributed by atoms with Crippen molar-refractivity contribution >= 4 is 11.7 Å². The molecule has 2 atom stereocenters. The molecule has 4 heteroatoms. The fourth-order valence-corrected chi connectivity index (χ4v) is 3.36. The van der Waals surface area contributed by atoms with E-state index in [4.69, 9.17) is 9.47 Å². The van der Waals surface area contributed by atoms with Crippen LogP contribution in [0.3, 0.4) is 0 Å². The van der Waals surface area contributed by atoms with Gasteiger partial charge in [-0.2, -0.15) is 0 Å². The molecule has 0 radical (unpaired) electrons. The number of esters is 1. The molecular formula is C17H23NO3. The maximum Gasteiger partial charge on any atom is 0.309 e. The van der Waals surface area contributed by atoms with Gasteiger partial charge in [-0.05, 0) is 44.9 Å². The Hall–Kier alpha value is -1.71. The van der Waals surface area contributed by atoms with E-state index in [0.717, 1.165) is 25.1 Å². The highest BCUT2D eigenvalue weighted by atomic mass is 16.5. The van der Waals surface area contributed by atoms with E-state index >= 15 is 0 Å². The third-order valence-electron chi connectivity index (χ3n) is 4.87. The standard InChI is InChI=1S/C17H23NO3/c1-4-18(3)12-6-7-15-13(10-12)17(8-9-21-15)11-14(17)16(19)20-5-2/h6-7,10,14H,4-5,8-9,11H2,1-3H3. The first-order chi connectivity index (χ1) is 10.1. The molecule has 0 bridgehead atoms. The fourth-order valence-electron chi connectivity index (χ4n) is 3.36. The van der Waals surface area contributed by atoms with Crippen LogP contribution in [0.1, 0.15) is 32.3 Å². The normalized spacial score (nSPS) is 26.0. The Bertz CT molecular complexity index is 557. The van der Waals surface area contributed by atoms with E-state index in [9.17, 15) is 4.79 Å². The molecular weight excluding hydrogens is 266 g/mol. The van der Waals surface area contributed by atoms with Gasteiger partial charge in [0, 0.05) is 30.3 Å². The first-order valence-electron chi connectivity index (χ1n) is 7.77. The van der Waals surface area contributed by atoms with Crippen molar-refractivity contribution in [2.24, 2.45) is 5.92 Å². The van der Waals surface area contributed by atoms with Crippen molar-refractivity contribution in [2.75, 3.05) is 31.7 Å². The minimum absolute atomic E-state index is 0.00211. The van der Waals surface area contributed by atoms with Crippen LogP contribution >= 0.6 is 0 Å². The molecule has 1 aliphatic carbocycles. The van der Waals surface area contributed by atoms with Crippen molar-refractivity contribution in [3.8, 4) is 5.75 Å². The summed E-state index contributed by atoms with van der Waals surface area (Å²) in [7, 11) is 2.08. The van der Waals surface area contributed by atoms with Crippen molar-refractivity contribution < 1.29 is 14.3 Å². The number of carbonyl (C=O) groups excluding carboxylic acids is 1. The molecule has 1 aromatic rings. The van der Waals surface area contributed by atoms with Gasteiger partial charge in [0.1, 0.15) is 5.75 Å². The minimum Gasteiger partial charge on any atom is -0.493 e. The van der Waals surface area contributed by atoms with Crippen LogP contribution in [0.4, 0.5) is 5.69 Å². The van der Waals surface area contributed by atoms with Crippen LogP contribution in [-0.4, -0.2) is 32.8 Å². The summed E-state index contributed by atoms with van der Waals surface area (Å²) in [4.78, 5) is 14.3. The lowest BCUT2D eigenvalue weighted by Crippen LogP contribution is -2.26. The number of anilines is 1. The molecule has 1 fully saturated rings. The summed E-state index contributed by atoms with van der Waals surface area (Å²) >= 11 is 0. The SMILES string of the molecule is CCOC(=O)C1CC12CCOc1ccc(N(C)CC)cc12. The smallest absolute Gasteiger partial charge is 0.309 e. The van der Waals surface area contributed by atoms with E-state index in [-0.39, 0.29) is 17.3 Å². The number of hydrogen-bond donors (Lipinski definition) is 0. The van der Waals surface area contributed by atoms with E-state index in [1.165, 1.54) is 11.3 Å². The molecule has 4 nitrogen and oxygen atoms in total. The maximum atomic E-state index is 12.1. The van der Waals surface area contributed by atoms with Gasteiger partial charge in [0.2, 0.25) is 0 Å². The summed E-state index contributed by atoms with van der Waals surface area (Å²) < 4.78 is 11.0. The van der Waals surface area contributed by atoms with Crippen LogP contribution in [0.15, 0.2) is 18.2 Å². The molecule has 1 spiro atoms. The number of fused-ring (bicyclic) bond motifs is 2. The predicted octanol–water partition coefficient (Wildman–Crippen LogP) is 2.75. The molecule has 1 aliphatic heterocycles. The minimum atomic E-state index is -0.0559. The van der Waals surface area contributed by atoms with Crippen molar-refractivity contribution in [2.45, 2.75) is 32.1 Å². The molecule has 0 amide bonds. The Kier molecular flexibility index (Phi) is 3.56. The highest BCUT2D eigenvalue weighted by Crippen LogP contribution is 2.61. The summed E-state index contributed by atoms with van der Waals surface area (Å²) in [5.74, 6) is 0.878. The van der Waals surface area contributed by atoms with E-state index in [0.29, 0.717) is 13.2 Å². The zero-order valence-corrected chi connectivity index (χ0v) is 13.0. The van der Waals surface area contributed by atoms with Crippen molar-refractivity contribution in [3.05, 3.63) is 23.8 Å². The molecule has 0 aromatic heterocycles. The first-order valence-corrected chi connectivity index (χ1v) is 7.77. The van der Waals surface area contributed by atoms with Gasteiger partial charge in [-0.15, -0.1) is 0 Å². The van der Waals surface area contributed by atoms with Crippen LogP contribution in [0, 0.1) is 5.92 Å². The Labute approximate surface area is 126 Å². The molecule has 0 saturated heterocycles. The predicted molar refractivity (Wildman–Crippen MR) is 81.9 cm³/mol. The van der Waals surface area contributed by atoms with Gasteiger partial charge < -0.3 is 14.4 Å². The Morgan fingerprint density at radius 2 is 2.29 bits per heavy atom. The highest BCUT2D eigenvalue weighted by molar-refractivity contribution is 5.80. The second-order valence-corrected chi connectivity index (χ2v) is 5.96. The van der Waals surface area contributed by atoms with Crippen molar-refractivity contribution in [1.29, 1.82) is 0 Å². The molecule has 1 heterocycles. The van der Waals surface area contributed by atoms with E-state index in [1.54, 1.807) is 0 Å². The summed E-state index contributed by atoms with van der Waals surface area (Å²) in [5, 5.41) is 0. The Morgan fingerprint density at radius 1 is 1.48 bits per heavy atom. The van der Waals surface area contributed by atoms with Crippen LogP contribution < -0.4 is 9.64 Å². The second-order valence-electron chi connectivity index (χ2n) is 5.96. The lowest BCUT2D eigenvalue weighted by Gasteiger charge is -2.28. The Balaban J connectivity index is 1.93. The Morgan fingerprint density at radius 3 is 3.00 bits per heavy atom. The number of rotatable bonds is 4. The van der Waals surface area contributed by atoms with Gasteiger partial charge in [-0.25, -0.2) is 0 Å². The molecule has 0 N–H and O–H groups in total. The zero-order valence-electron chi connectivity index (χ0n) is 13.0. The zero-order chi connectivity index (χ0) is 15.0. The lowest BCUT2D eigenvalue weighted by molar-refractivity contribution is -0.145. The van der Waals surface area contributed by atoms with Gasteiger partial charge in [0.25, 0.3) is 0 Å². The highest BCUT2D eigenvalue weighted by Gasteiger charge is 2.62. The monoisotopic (exact) mass is 289 g/mol. The number of nitrogens with zero attached hydrogens (tertiary/aromatic N) is 1. The molecule has 3 rings (SSSR count). The number of hydrogen-bond acceptors (Lipinski definition) is 4. The van der Waals surface area contributed by atoms with Crippen LogP contribution in [0.25, 0.3) is 0 Å². The van der Waals surface area contributed by atoms with Crippen LogP contribution in [0.5, 0.6) is 5.75 Å². The van der Waals surface area contributed by atoms with E-state index < -0.39 is 0 Å². The molecule has 2 unspecified atom stereocenters. The average molecular weight is 289 g/mol. The first kappa shape index (κ1) is 14.2. The van der Waals surface area contributed by atoms with Crippen LogP contribution in [-0.2, 0) is 14.9 Å². The lowest BCUT2D eigenvalue weighted by atomic mass is 9.87. The second kappa shape index (κ2) is 5.24. The molecule has 1 aromatic carbocycles. The van der Waals surface area contributed by atoms with Gasteiger partial charge in [0.15, 0.2) is 0 Å². The average Bonchev–Trinajstić information content (AvgIpc) is 3.22. The van der Waals surface area contributed by atoms with Crippen LogP contribution in [0.2, 0.25) is 0 Å². The number of ether oxygens (including phenoxy) is 2. The molecule has 21 heavy (non-hydrogen) atoms. The third kappa shape index (κ3) is 2.27. The number of carbonyl (C=O) groups is 1. The fraction of sp³-hybridized carbons (Fsp3) is 0.588. The van der Waals surface area contributed by atoms with E-state index in [1.807, 2.05) is 13.0 Å². The van der Waals surface area contributed by atoms with Crippen molar-refractivity contribution in [3.63, 3.8) is 0 Å². The van der Waals surface area contributed by atoms with E-state index in [2.05, 4.69) is 31.0 Å². The third-order valence-corrected chi connectivity index (χ3v) is 4.87. The topological polar surface area (TPSA) is 38.8 Å². The molecule has 1 saturated carbocycles. The summed E-state index contributed by atoms with van der Waals surface area (Å²) in [6.07, 6.45) is 1.80. The quantitative estimate of drug-likeness (QED) is 0.799. The number of benzene rings is 1. The largest absolute Gasteiger partial charge is 0.493 e. The maximum absolute atomic E-state index is 12.1. The van der Waals surface area contributed by atoms with Gasteiger partial charge in [0.05, 0.1) is 19.1 Å².